The molecule has 9 heteroatoms. The van der Waals surface area contributed by atoms with E-state index in [1.54, 1.807) is 38.1 Å². The molecule has 1 aromatic heterocycles. The number of fused-ring (bicyclic) bond motifs is 1. The highest BCUT2D eigenvalue weighted by Gasteiger charge is 2.20. The van der Waals surface area contributed by atoms with Crippen molar-refractivity contribution in [3.05, 3.63) is 52.5 Å². The number of aliphatic hydroxyl groups is 1. The average Bonchev–Trinajstić information content (AvgIpc) is 3.05. The highest BCUT2D eigenvalue weighted by atomic mass is 35.5. The number of halogens is 1. The second kappa shape index (κ2) is 8.36. The second-order valence-electron chi connectivity index (χ2n) is 7.21. The molecule has 0 unspecified atom stereocenters. The number of rotatable bonds is 5. The number of carbonyl (C=O) groups is 2. The quantitative estimate of drug-likeness (QED) is 0.479. The maximum atomic E-state index is 12.6. The van der Waals surface area contributed by atoms with Crippen LogP contribution >= 0.6 is 22.9 Å². The molecule has 0 atom stereocenters. The Kier molecular flexibility index (Phi) is 6.07. The molecule has 4 N–H and O–H groups in total. The fraction of sp³-hybridized carbons (Fsp3) is 0.250. The van der Waals surface area contributed by atoms with E-state index in [-0.39, 0.29) is 12.5 Å². The monoisotopic (exact) mass is 432 g/mol. The van der Waals surface area contributed by atoms with Crippen molar-refractivity contribution in [1.82, 2.24) is 10.3 Å². The number of hydrogen-bond acceptors (Lipinski definition) is 5. The van der Waals surface area contributed by atoms with Gasteiger partial charge in [0.1, 0.15) is 0 Å². The minimum absolute atomic E-state index is 0.191. The van der Waals surface area contributed by atoms with E-state index in [0.29, 0.717) is 26.9 Å². The van der Waals surface area contributed by atoms with Gasteiger partial charge in [-0.15, -0.1) is 0 Å². The van der Waals surface area contributed by atoms with Gasteiger partial charge in [-0.25, -0.2) is 9.78 Å². The lowest BCUT2D eigenvalue weighted by atomic mass is 10.1. The summed E-state index contributed by atoms with van der Waals surface area (Å²) in [4.78, 5) is 29.1. The van der Waals surface area contributed by atoms with Gasteiger partial charge in [0.05, 0.1) is 33.1 Å². The molecular formula is C20H21ClN4O3S. The van der Waals surface area contributed by atoms with E-state index in [1.165, 1.54) is 11.3 Å². The van der Waals surface area contributed by atoms with Gasteiger partial charge in [-0.2, -0.15) is 0 Å². The molecule has 0 spiro atoms. The molecular weight excluding hydrogens is 412 g/mol. The molecule has 7 nitrogen and oxygen atoms in total. The molecule has 3 rings (SSSR count). The van der Waals surface area contributed by atoms with Crippen molar-refractivity contribution in [3.63, 3.8) is 0 Å². The zero-order valence-corrected chi connectivity index (χ0v) is 17.7. The molecule has 0 saturated heterocycles. The first kappa shape index (κ1) is 21.0. The van der Waals surface area contributed by atoms with Crippen molar-refractivity contribution >= 4 is 55.9 Å². The first-order chi connectivity index (χ1) is 13.7. The summed E-state index contributed by atoms with van der Waals surface area (Å²) in [5.41, 5.74) is 1.82. The molecule has 3 aromatic rings. The third-order valence-corrected chi connectivity index (χ3v) is 5.43. The van der Waals surface area contributed by atoms with Crippen molar-refractivity contribution in [1.29, 1.82) is 0 Å². The Labute approximate surface area is 177 Å². The molecule has 1 heterocycles. The molecule has 0 bridgehead atoms. The van der Waals surface area contributed by atoms with Crippen LogP contribution in [0.4, 0.5) is 15.6 Å². The normalized spacial score (nSPS) is 11.3. The summed E-state index contributed by atoms with van der Waals surface area (Å²) in [5, 5.41) is 18.3. The largest absolute Gasteiger partial charge is 0.394 e. The van der Waals surface area contributed by atoms with Crippen LogP contribution in [-0.2, 0) is 0 Å². The van der Waals surface area contributed by atoms with Crippen molar-refractivity contribution in [3.8, 4) is 0 Å². The van der Waals surface area contributed by atoms with E-state index >= 15 is 0 Å². The third kappa shape index (κ3) is 5.03. The number of urea groups is 1. The van der Waals surface area contributed by atoms with E-state index in [1.807, 2.05) is 19.1 Å². The minimum Gasteiger partial charge on any atom is -0.394 e. The van der Waals surface area contributed by atoms with Gasteiger partial charge in [0.15, 0.2) is 5.13 Å². The number of para-hydroxylation sites is 1. The summed E-state index contributed by atoms with van der Waals surface area (Å²) >= 11 is 7.43. The fourth-order valence-corrected chi connectivity index (χ4v) is 3.74. The van der Waals surface area contributed by atoms with Crippen LogP contribution in [0.1, 0.15) is 29.8 Å². The van der Waals surface area contributed by atoms with Gasteiger partial charge in [-0.3, -0.25) is 10.1 Å². The van der Waals surface area contributed by atoms with Crippen LogP contribution in [0.25, 0.3) is 10.2 Å². The number of amides is 3. The van der Waals surface area contributed by atoms with Crippen molar-refractivity contribution in [2.75, 3.05) is 17.2 Å². The molecule has 3 amide bonds. The Hall–Kier alpha value is -2.68. The van der Waals surface area contributed by atoms with E-state index in [0.717, 1.165) is 10.3 Å². The highest BCUT2D eigenvalue weighted by molar-refractivity contribution is 7.22. The fourth-order valence-electron chi connectivity index (χ4n) is 2.57. The number of thiazole rings is 1. The molecule has 0 aliphatic carbocycles. The molecule has 0 radical (unpaired) electrons. The second-order valence-corrected chi connectivity index (χ2v) is 8.65. The maximum absolute atomic E-state index is 12.6. The summed E-state index contributed by atoms with van der Waals surface area (Å²) in [6.45, 7) is 5.09. The Bertz CT molecular complexity index is 1060. The molecule has 29 heavy (non-hydrogen) atoms. The van der Waals surface area contributed by atoms with Crippen LogP contribution < -0.4 is 16.0 Å². The number of nitrogens with zero attached hydrogens (tertiary/aromatic N) is 1. The Morgan fingerprint density at radius 1 is 1.21 bits per heavy atom. The summed E-state index contributed by atoms with van der Waals surface area (Å²) in [7, 11) is 0. The topological polar surface area (TPSA) is 103 Å². The van der Waals surface area contributed by atoms with Gasteiger partial charge in [0.25, 0.3) is 5.91 Å². The van der Waals surface area contributed by atoms with Crippen LogP contribution in [0.2, 0.25) is 5.02 Å². The summed E-state index contributed by atoms with van der Waals surface area (Å²) in [6.07, 6.45) is 0. The minimum atomic E-state index is -0.747. The lowest BCUT2D eigenvalue weighted by Crippen LogP contribution is -2.48. The first-order valence-corrected chi connectivity index (χ1v) is 10.0. The average molecular weight is 433 g/mol. The number of anilines is 2. The zero-order chi connectivity index (χ0) is 21.2. The van der Waals surface area contributed by atoms with Crippen molar-refractivity contribution in [2.24, 2.45) is 0 Å². The molecule has 0 saturated carbocycles. The zero-order valence-electron chi connectivity index (χ0n) is 16.2. The van der Waals surface area contributed by atoms with Crippen LogP contribution in [0.15, 0.2) is 36.4 Å². The van der Waals surface area contributed by atoms with Gasteiger partial charge < -0.3 is 15.7 Å². The summed E-state index contributed by atoms with van der Waals surface area (Å²) < 4.78 is 0.755. The number of carbonyl (C=O) groups excluding carboxylic acids is 2. The number of aryl methyl sites for hydroxylation is 1. The van der Waals surface area contributed by atoms with Crippen LogP contribution in [0.3, 0.4) is 0 Å². The Balaban J connectivity index is 1.77. The van der Waals surface area contributed by atoms with E-state index in [4.69, 9.17) is 11.6 Å². The smallest absolute Gasteiger partial charge is 0.321 e. The third-order valence-electron chi connectivity index (χ3n) is 4.18. The van der Waals surface area contributed by atoms with Gasteiger partial charge in [0, 0.05) is 5.56 Å². The van der Waals surface area contributed by atoms with Crippen molar-refractivity contribution < 1.29 is 14.7 Å². The van der Waals surface area contributed by atoms with Crippen LogP contribution in [0.5, 0.6) is 0 Å². The molecule has 152 valence electrons. The molecule has 0 fully saturated rings. The lowest BCUT2D eigenvalue weighted by molar-refractivity contribution is 0.102. The molecule has 0 aliphatic heterocycles. The highest BCUT2D eigenvalue weighted by Crippen LogP contribution is 2.29. The summed E-state index contributed by atoms with van der Waals surface area (Å²) in [6, 6.07) is 10.1. The lowest BCUT2D eigenvalue weighted by Gasteiger charge is -2.22. The maximum Gasteiger partial charge on any atom is 0.321 e. The van der Waals surface area contributed by atoms with Crippen LogP contribution in [0, 0.1) is 6.92 Å². The SMILES string of the molecule is Cc1cccc(Cl)c1NC(=O)c1ccc2nc(NC(=O)NC(C)(C)CO)sc2c1. The molecule has 0 aliphatic rings. The number of aromatic nitrogens is 1. The van der Waals surface area contributed by atoms with E-state index < -0.39 is 11.6 Å². The number of aliphatic hydroxyl groups excluding tert-OH is 1. The Morgan fingerprint density at radius 2 is 1.97 bits per heavy atom. The van der Waals surface area contributed by atoms with Gasteiger partial charge >= 0.3 is 6.03 Å². The van der Waals surface area contributed by atoms with Gasteiger partial charge in [0.2, 0.25) is 0 Å². The van der Waals surface area contributed by atoms with E-state index in [2.05, 4.69) is 20.9 Å². The first-order valence-electron chi connectivity index (χ1n) is 8.85. The number of nitrogens with one attached hydrogen (secondary N) is 3. The predicted octanol–water partition coefficient (Wildman–Crippen LogP) is 4.40. The van der Waals surface area contributed by atoms with Crippen molar-refractivity contribution in [2.45, 2.75) is 26.3 Å². The summed E-state index contributed by atoms with van der Waals surface area (Å²) in [5.74, 6) is -0.284. The van der Waals surface area contributed by atoms with Gasteiger partial charge in [-0.05, 0) is 50.6 Å². The molecule has 2 aromatic carbocycles. The standard InChI is InChI=1S/C20H21ClN4O3S/c1-11-5-4-6-13(21)16(11)23-17(27)12-7-8-14-15(9-12)29-19(22-14)24-18(28)25-20(2,3)10-26/h4-9,26H,10H2,1-3H3,(H,23,27)(H2,22,24,25,28). The number of benzene rings is 2. The van der Waals surface area contributed by atoms with E-state index in [9.17, 15) is 14.7 Å². The van der Waals surface area contributed by atoms with Crippen LogP contribution in [-0.4, -0.2) is 34.2 Å². The Morgan fingerprint density at radius 3 is 2.66 bits per heavy atom. The van der Waals surface area contributed by atoms with Gasteiger partial charge in [-0.1, -0.05) is 35.1 Å². The number of hydrogen-bond donors (Lipinski definition) is 4. The predicted molar refractivity (Wildman–Crippen MR) is 117 cm³/mol.